The van der Waals surface area contributed by atoms with Gasteiger partial charge in [0, 0.05) is 33.4 Å². The van der Waals surface area contributed by atoms with Crippen molar-refractivity contribution in [2.75, 3.05) is 26.9 Å². The first-order valence-electron chi connectivity index (χ1n) is 20.1. The quantitative estimate of drug-likeness (QED) is 0.0548. The molecular weight excluding hydrogens is 838 g/mol. The Bertz CT molecular complexity index is 1850. The van der Waals surface area contributed by atoms with E-state index in [2.05, 4.69) is 5.32 Å². The van der Waals surface area contributed by atoms with Crippen molar-refractivity contribution in [3.8, 4) is 11.5 Å². The number of benzene rings is 2. The number of carbonyl (C=O) groups excluding carboxylic acids is 4. The van der Waals surface area contributed by atoms with Crippen molar-refractivity contribution < 1.29 is 97.2 Å². The zero-order valence-electron chi connectivity index (χ0n) is 35.2. The van der Waals surface area contributed by atoms with Crippen LogP contribution in [0.5, 0.6) is 11.5 Å². The number of aliphatic hydroxyl groups excluding tert-OH is 6. The lowest BCUT2D eigenvalue weighted by molar-refractivity contribution is -0.382. The Kier molecular flexibility index (Phi) is 17.8. The fourth-order valence-electron chi connectivity index (χ4n) is 6.91. The van der Waals surface area contributed by atoms with Gasteiger partial charge in [0.2, 0.25) is 12.2 Å². The molecule has 0 bridgehead atoms. The van der Waals surface area contributed by atoms with Crippen LogP contribution in [0.2, 0.25) is 0 Å². The predicted octanol–water partition coefficient (Wildman–Crippen LogP) is -1.37. The minimum Gasteiger partial charge on any atom is -0.497 e. The van der Waals surface area contributed by atoms with Gasteiger partial charge in [-0.25, -0.2) is 0 Å². The Morgan fingerprint density at radius 2 is 1.16 bits per heavy atom. The normalized spacial score (nSPS) is 33.2. The summed E-state index contributed by atoms with van der Waals surface area (Å²) in [6.07, 6.45) is -21.5. The van der Waals surface area contributed by atoms with Gasteiger partial charge in [-0.05, 0) is 54.8 Å². The number of methoxy groups -OCH3 is 1. The average molecular weight is 894 g/mol. The highest BCUT2D eigenvalue weighted by Crippen LogP contribution is 2.36. The van der Waals surface area contributed by atoms with Gasteiger partial charge in [-0.2, -0.15) is 0 Å². The minimum absolute atomic E-state index is 0.197. The first-order chi connectivity index (χ1) is 29.9. The van der Waals surface area contributed by atoms with Gasteiger partial charge < -0.3 is 83.3 Å². The molecule has 0 unspecified atom stereocenters. The summed E-state index contributed by atoms with van der Waals surface area (Å²) >= 11 is 0. The Hall–Kier alpha value is -4.78. The third-order valence-electron chi connectivity index (χ3n) is 10.3. The van der Waals surface area contributed by atoms with Crippen LogP contribution in [0.1, 0.15) is 38.8 Å². The number of ether oxygens (including phenoxy) is 10. The summed E-state index contributed by atoms with van der Waals surface area (Å²) in [5.74, 6) is -1.69. The number of nitrogens with one attached hydrogen (secondary N) is 1. The standard InChI is InChI=1S/C42H55NO20/c1-20-37(58-23(4)46)38(62-40-35(52)33(50)31(48)28(60-40)18-55-21(2)44)39(63-41-36(53)34(51)32(49)29(61-41)19-56-22(3)45)42(57-20)59-27-13-8-25(9-14-27)16-17-43-30(47)15-10-24-6-11-26(54-5)12-7-24/h6-15,20,28-29,31-42,48-53H,16-19H2,1-5H3,(H,43,47)/t20-,28+,29+,31+,32+,33-,34-,35+,36+,37-,38+,39+,40-,41-,42-/m0/s1. The molecule has 0 saturated carbocycles. The van der Waals surface area contributed by atoms with Crippen LogP contribution in [0.4, 0.5) is 0 Å². The molecule has 0 aliphatic carbocycles. The molecule has 21 heteroatoms. The van der Waals surface area contributed by atoms with Crippen molar-refractivity contribution in [3.05, 3.63) is 65.7 Å². The Balaban J connectivity index is 1.38. The molecule has 3 heterocycles. The highest BCUT2D eigenvalue weighted by molar-refractivity contribution is 5.91. The third kappa shape index (κ3) is 13.4. The van der Waals surface area contributed by atoms with Gasteiger partial charge in [0.25, 0.3) is 0 Å². The van der Waals surface area contributed by atoms with E-state index in [0.717, 1.165) is 31.9 Å². The summed E-state index contributed by atoms with van der Waals surface area (Å²) in [4.78, 5) is 48.1. The number of hydrogen-bond donors (Lipinski definition) is 7. The molecule has 0 radical (unpaired) electrons. The van der Waals surface area contributed by atoms with E-state index < -0.39 is 123 Å². The zero-order valence-corrected chi connectivity index (χ0v) is 35.2. The number of esters is 3. The maximum atomic E-state index is 12.5. The second-order valence-corrected chi connectivity index (χ2v) is 15.0. The minimum atomic E-state index is -1.96. The highest BCUT2D eigenvalue weighted by atomic mass is 16.8. The second-order valence-electron chi connectivity index (χ2n) is 15.0. The smallest absolute Gasteiger partial charge is 0.303 e. The lowest BCUT2D eigenvalue weighted by atomic mass is 9.96. The molecule has 348 valence electrons. The number of carbonyl (C=O) groups is 4. The summed E-state index contributed by atoms with van der Waals surface area (Å²) < 4.78 is 57.1. The van der Waals surface area contributed by atoms with Gasteiger partial charge in [0.1, 0.15) is 79.6 Å². The molecule has 15 atom stereocenters. The van der Waals surface area contributed by atoms with Crippen LogP contribution in [0.25, 0.3) is 6.08 Å². The van der Waals surface area contributed by atoms with E-state index in [4.69, 9.17) is 47.4 Å². The molecule has 63 heavy (non-hydrogen) atoms. The lowest BCUT2D eigenvalue weighted by Gasteiger charge is -2.49. The fourth-order valence-corrected chi connectivity index (χ4v) is 6.91. The fraction of sp³-hybridized carbons (Fsp3) is 0.571. The molecule has 7 N–H and O–H groups in total. The maximum absolute atomic E-state index is 12.5. The monoisotopic (exact) mass is 893 g/mol. The van der Waals surface area contributed by atoms with Crippen molar-refractivity contribution in [2.45, 2.75) is 126 Å². The Morgan fingerprint density at radius 1 is 0.635 bits per heavy atom. The van der Waals surface area contributed by atoms with Crippen molar-refractivity contribution in [1.29, 1.82) is 0 Å². The van der Waals surface area contributed by atoms with Crippen LogP contribution in [0.15, 0.2) is 54.6 Å². The number of rotatable bonds is 17. The Labute approximate surface area is 362 Å². The van der Waals surface area contributed by atoms with Gasteiger partial charge in [0.15, 0.2) is 24.8 Å². The number of amides is 1. The lowest BCUT2D eigenvalue weighted by Crippen LogP contribution is -2.67. The van der Waals surface area contributed by atoms with Gasteiger partial charge in [-0.3, -0.25) is 19.2 Å². The highest BCUT2D eigenvalue weighted by Gasteiger charge is 2.56. The predicted molar refractivity (Wildman–Crippen MR) is 212 cm³/mol. The average Bonchev–Trinajstić information content (AvgIpc) is 3.25. The summed E-state index contributed by atoms with van der Waals surface area (Å²) in [5, 5.41) is 67.8. The van der Waals surface area contributed by atoms with E-state index in [-0.39, 0.29) is 11.7 Å². The van der Waals surface area contributed by atoms with E-state index in [9.17, 15) is 49.8 Å². The van der Waals surface area contributed by atoms with E-state index in [1.165, 1.54) is 13.0 Å². The van der Waals surface area contributed by atoms with Crippen LogP contribution in [-0.2, 0) is 63.5 Å². The summed E-state index contributed by atoms with van der Waals surface area (Å²) in [6.45, 7) is 4.00. The van der Waals surface area contributed by atoms with Crippen LogP contribution >= 0.6 is 0 Å². The maximum Gasteiger partial charge on any atom is 0.303 e. The number of aliphatic hydroxyl groups is 6. The van der Waals surface area contributed by atoms with Crippen LogP contribution in [0.3, 0.4) is 0 Å². The molecule has 2 aromatic carbocycles. The molecule has 1 amide bonds. The van der Waals surface area contributed by atoms with Gasteiger partial charge in [-0.15, -0.1) is 0 Å². The molecule has 5 rings (SSSR count). The SMILES string of the molecule is COc1ccc(C=CC(=O)NCCc2ccc(O[C@@H]3O[C@@H](C)[C@H](OC(C)=O)[C@@H](O[C@@H]4O[C@H](COC(C)=O)[C@@H](O)[C@H](O)[C@H]4O)[C@H]3O[C@@H]3O[C@H](COC(C)=O)[C@@H](O)[C@H](O)[C@H]3O)cc2)cc1. The van der Waals surface area contributed by atoms with Crippen molar-refractivity contribution in [3.63, 3.8) is 0 Å². The van der Waals surface area contributed by atoms with E-state index in [1.807, 2.05) is 12.1 Å². The molecule has 2 aromatic rings. The van der Waals surface area contributed by atoms with Crippen molar-refractivity contribution >= 4 is 29.9 Å². The van der Waals surface area contributed by atoms with Crippen LogP contribution in [-0.4, -0.2) is 173 Å². The molecule has 3 aliphatic rings. The van der Waals surface area contributed by atoms with Crippen LogP contribution < -0.4 is 14.8 Å². The number of hydrogen-bond acceptors (Lipinski definition) is 20. The molecule has 3 saturated heterocycles. The topological polar surface area (TPSA) is 294 Å². The molecule has 3 fully saturated rings. The molecular formula is C42H55NO20. The third-order valence-corrected chi connectivity index (χ3v) is 10.3. The molecule has 3 aliphatic heterocycles. The Morgan fingerprint density at radius 3 is 1.67 bits per heavy atom. The first kappa shape index (κ1) is 49.2. The summed E-state index contributed by atoms with van der Waals surface area (Å²) in [7, 11) is 1.56. The summed E-state index contributed by atoms with van der Waals surface area (Å²) in [5.41, 5.74) is 1.62. The molecule has 0 aromatic heterocycles. The van der Waals surface area contributed by atoms with E-state index in [0.29, 0.717) is 18.7 Å². The van der Waals surface area contributed by atoms with Gasteiger partial charge in [0.05, 0.1) is 13.2 Å². The van der Waals surface area contributed by atoms with Crippen LogP contribution in [0, 0.1) is 0 Å². The van der Waals surface area contributed by atoms with Gasteiger partial charge >= 0.3 is 17.9 Å². The van der Waals surface area contributed by atoms with Crippen molar-refractivity contribution in [1.82, 2.24) is 5.32 Å². The first-order valence-corrected chi connectivity index (χ1v) is 20.1. The summed E-state index contributed by atoms with van der Waals surface area (Å²) in [6, 6.07) is 13.8. The van der Waals surface area contributed by atoms with Gasteiger partial charge in [-0.1, -0.05) is 24.3 Å². The molecule has 21 nitrogen and oxygen atoms in total. The van der Waals surface area contributed by atoms with E-state index in [1.54, 1.807) is 49.6 Å². The van der Waals surface area contributed by atoms with E-state index >= 15 is 0 Å². The zero-order chi connectivity index (χ0) is 46.0. The second kappa shape index (κ2) is 22.7. The molecule has 0 spiro atoms. The van der Waals surface area contributed by atoms with Crippen molar-refractivity contribution in [2.24, 2.45) is 0 Å². The largest absolute Gasteiger partial charge is 0.497 e.